The molecule has 1 aromatic carbocycles. The van der Waals surface area contributed by atoms with Crippen molar-refractivity contribution in [2.45, 2.75) is 24.7 Å². The molecule has 0 saturated heterocycles. The molecule has 0 heterocycles. The number of sulfonamides is 1. The van der Waals surface area contributed by atoms with Crippen molar-refractivity contribution in [3.8, 4) is 6.19 Å². The van der Waals surface area contributed by atoms with Gasteiger partial charge in [0.05, 0.1) is 5.69 Å². The standard InChI is InChI=1S/C13H18N4O2S2/c1-3-4-9-16-21(18,19)12-8-6-5-7-11(12)17-13(20-2)15-10-14/h5-8,16H,3-4,9H2,1-2H3,(H,15,17). The van der Waals surface area contributed by atoms with E-state index in [2.05, 4.69) is 15.0 Å². The zero-order valence-corrected chi connectivity index (χ0v) is 13.6. The highest BCUT2D eigenvalue weighted by atomic mass is 32.2. The second-order valence-corrected chi connectivity index (χ2v) is 6.61. The Morgan fingerprint density at radius 3 is 2.76 bits per heavy atom. The van der Waals surface area contributed by atoms with Crippen LogP contribution in [0.4, 0.5) is 5.69 Å². The predicted octanol–water partition coefficient (Wildman–Crippen LogP) is 2.19. The van der Waals surface area contributed by atoms with E-state index < -0.39 is 10.0 Å². The lowest BCUT2D eigenvalue weighted by molar-refractivity contribution is 0.578. The van der Waals surface area contributed by atoms with Crippen molar-refractivity contribution in [1.29, 1.82) is 5.26 Å². The summed E-state index contributed by atoms with van der Waals surface area (Å²) in [4.78, 5) is 4.29. The molecule has 0 aliphatic rings. The van der Waals surface area contributed by atoms with E-state index in [0.29, 0.717) is 17.4 Å². The summed E-state index contributed by atoms with van der Waals surface area (Å²) < 4.78 is 27.1. The van der Waals surface area contributed by atoms with E-state index in [-0.39, 0.29) is 4.90 Å². The maximum absolute atomic E-state index is 12.3. The number of amidine groups is 1. The molecule has 1 aromatic rings. The van der Waals surface area contributed by atoms with Gasteiger partial charge in [-0.25, -0.2) is 18.1 Å². The van der Waals surface area contributed by atoms with Crippen LogP contribution >= 0.6 is 11.8 Å². The number of para-hydroxylation sites is 1. The summed E-state index contributed by atoms with van der Waals surface area (Å²) in [5, 5.41) is 11.4. The molecule has 0 radical (unpaired) electrons. The Kier molecular flexibility index (Phi) is 7.22. The molecule has 0 aliphatic carbocycles. The highest BCUT2D eigenvalue weighted by Crippen LogP contribution is 2.24. The third-order valence-electron chi connectivity index (χ3n) is 2.56. The topological polar surface area (TPSA) is 94.3 Å². The summed E-state index contributed by atoms with van der Waals surface area (Å²) in [6, 6.07) is 6.44. The van der Waals surface area contributed by atoms with E-state index in [1.54, 1.807) is 30.6 Å². The summed E-state index contributed by atoms with van der Waals surface area (Å²) in [6.45, 7) is 2.38. The Morgan fingerprint density at radius 1 is 1.43 bits per heavy atom. The lowest BCUT2D eigenvalue weighted by Gasteiger charge is -2.09. The zero-order chi connectivity index (χ0) is 15.7. The van der Waals surface area contributed by atoms with Crippen molar-refractivity contribution in [2.24, 2.45) is 4.99 Å². The fourth-order valence-electron chi connectivity index (χ4n) is 1.52. The number of thioether (sulfide) groups is 1. The summed E-state index contributed by atoms with van der Waals surface area (Å²) in [5.74, 6) is 0. The average Bonchev–Trinajstić information content (AvgIpc) is 2.47. The molecule has 8 heteroatoms. The Hall–Kier alpha value is -1.56. The van der Waals surface area contributed by atoms with Crippen LogP contribution in [0.1, 0.15) is 19.8 Å². The van der Waals surface area contributed by atoms with Crippen LogP contribution in [0.15, 0.2) is 34.2 Å². The van der Waals surface area contributed by atoms with E-state index in [4.69, 9.17) is 5.26 Å². The van der Waals surface area contributed by atoms with E-state index in [9.17, 15) is 8.42 Å². The van der Waals surface area contributed by atoms with Crippen molar-refractivity contribution in [2.75, 3.05) is 12.8 Å². The number of hydrogen-bond acceptors (Lipinski definition) is 5. The molecular formula is C13H18N4O2S2. The van der Waals surface area contributed by atoms with Crippen molar-refractivity contribution in [3.63, 3.8) is 0 Å². The Morgan fingerprint density at radius 2 is 2.14 bits per heavy atom. The van der Waals surface area contributed by atoms with Crippen molar-refractivity contribution >= 4 is 32.6 Å². The van der Waals surface area contributed by atoms with Gasteiger partial charge in [0.2, 0.25) is 10.0 Å². The van der Waals surface area contributed by atoms with Crippen LogP contribution in [0.3, 0.4) is 0 Å². The highest BCUT2D eigenvalue weighted by Gasteiger charge is 2.17. The third-order valence-corrected chi connectivity index (χ3v) is 4.64. The van der Waals surface area contributed by atoms with Gasteiger partial charge < -0.3 is 0 Å². The molecule has 6 nitrogen and oxygen atoms in total. The van der Waals surface area contributed by atoms with Gasteiger partial charge in [-0.15, -0.1) is 0 Å². The van der Waals surface area contributed by atoms with Gasteiger partial charge in [0, 0.05) is 6.54 Å². The molecule has 0 aromatic heterocycles. The van der Waals surface area contributed by atoms with Crippen molar-refractivity contribution in [1.82, 2.24) is 10.0 Å². The van der Waals surface area contributed by atoms with Crippen LogP contribution in [0.5, 0.6) is 0 Å². The van der Waals surface area contributed by atoms with Gasteiger partial charge in [-0.05, 0) is 24.8 Å². The second-order valence-electron chi connectivity index (χ2n) is 4.08. The van der Waals surface area contributed by atoms with E-state index in [1.165, 1.54) is 17.8 Å². The van der Waals surface area contributed by atoms with Gasteiger partial charge >= 0.3 is 0 Å². The minimum Gasteiger partial charge on any atom is -0.271 e. The smallest absolute Gasteiger partial charge is 0.242 e. The van der Waals surface area contributed by atoms with Crippen LogP contribution < -0.4 is 10.0 Å². The summed E-state index contributed by atoms with van der Waals surface area (Å²) in [6.07, 6.45) is 5.20. The third kappa shape index (κ3) is 5.38. The fraction of sp³-hybridized carbons (Fsp3) is 0.385. The number of nitrogens with zero attached hydrogens (tertiary/aromatic N) is 2. The molecule has 0 aliphatic heterocycles. The lowest BCUT2D eigenvalue weighted by atomic mass is 10.3. The molecule has 0 bridgehead atoms. The second kappa shape index (κ2) is 8.67. The van der Waals surface area contributed by atoms with Gasteiger partial charge in [-0.3, -0.25) is 5.32 Å². The van der Waals surface area contributed by atoms with Gasteiger partial charge in [0.25, 0.3) is 0 Å². The fourth-order valence-corrected chi connectivity index (χ4v) is 3.07. The minimum absolute atomic E-state index is 0.104. The van der Waals surface area contributed by atoms with Crippen LogP contribution in [-0.2, 0) is 10.0 Å². The maximum Gasteiger partial charge on any atom is 0.242 e. The number of hydrogen-bond donors (Lipinski definition) is 2. The number of unbranched alkanes of at least 4 members (excludes halogenated alkanes) is 1. The first-order valence-corrected chi connectivity index (χ1v) is 9.12. The maximum atomic E-state index is 12.3. The van der Waals surface area contributed by atoms with Gasteiger partial charge in [-0.1, -0.05) is 37.2 Å². The first kappa shape index (κ1) is 17.5. The van der Waals surface area contributed by atoms with E-state index in [1.807, 2.05) is 6.92 Å². The molecule has 114 valence electrons. The molecule has 0 spiro atoms. The summed E-state index contributed by atoms with van der Waals surface area (Å²) in [7, 11) is -3.61. The SMILES string of the molecule is CCCCNS(=O)(=O)c1ccccc1N=C(NC#N)SC. The number of benzene rings is 1. The normalized spacial score (nSPS) is 12.0. The van der Waals surface area contributed by atoms with E-state index in [0.717, 1.165) is 12.8 Å². The molecule has 0 saturated carbocycles. The predicted molar refractivity (Wildman–Crippen MR) is 85.9 cm³/mol. The van der Waals surface area contributed by atoms with Crippen molar-refractivity contribution < 1.29 is 8.42 Å². The first-order chi connectivity index (χ1) is 10.0. The van der Waals surface area contributed by atoms with Gasteiger partial charge in [0.1, 0.15) is 4.90 Å². The minimum atomic E-state index is -3.61. The Bertz CT molecular complexity index is 636. The van der Waals surface area contributed by atoms with Crippen LogP contribution in [0.2, 0.25) is 0 Å². The Labute approximate surface area is 129 Å². The molecule has 0 fully saturated rings. The average molecular weight is 326 g/mol. The van der Waals surface area contributed by atoms with Crippen molar-refractivity contribution in [3.05, 3.63) is 24.3 Å². The largest absolute Gasteiger partial charge is 0.271 e. The van der Waals surface area contributed by atoms with Gasteiger partial charge in [0.15, 0.2) is 11.4 Å². The zero-order valence-electron chi connectivity index (χ0n) is 12.0. The highest BCUT2D eigenvalue weighted by molar-refractivity contribution is 8.13. The van der Waals surface area contributed by atoms with Crippen LogP contribution in [0, 0.1) is 11.5 Å². The molecular weight excluding hydrogens is 308 g/mol. The van der Waals surface area contributed by atoms with E-state index >= 15 is 0 Å². The molecule has 0 unspecified atom stereocenters. The number of nitrogens with one attached hydrogen (secondary N) is 2. The number of aliphatic imine (C=N–C) groups is 1. The van der Waals surface area contributed by atoms with Crippen LogP contribution in [-0.4, -0.2) is 26.4 Å². The first-order valence-electron chi connectivity index (χ1n) is 6.41. The molecule has 0 amide bonds. The lowest BCUT2D eigenvalue weighted by Crippen LogP contribution is -2.25. The van der Waals surface area contributed by atoms with Crippen LogP contribution in [0.25, 0.3) is 0 Å². The molecule has 2 N–H and O–H groups in total. The summed E-state index contributed by atoms with van der Waals surface area (Å²) in [5.41, 5.74) is 0.300. The molecule has 21 heavy (non-hydrogen) atoms. The Balaban J connectivity index is 3.12. The quantitative estimate of drug-likeness (QED) is 0.275. The summed E-state index contributed by atoms with van der Waals surface area (Å²) >= 11 is 1.23. The number of nitriles is 1. The molecule has 0 atom stereocenters. The monoisotopic (exact) mass is 326 g/mol. The molecule has 1 rings (SSSR count). The number of rotatable bonds is 6. The van der Waals surface area contributed by atoms with Gasteiger partial charge in [-0.2, -0.15) is 5.26 Å².